The number of para-hydroxylation sites is 2. The van der Waals surface area contributed by atoms with Gasteiger partial charge in [-0.15, -0.1) is 0 Å². The maximum atomic E-state index is 5.14. The van der Waals surface area contributed by atoms with E-state index in [-0.39, 0.29) is 10.8 Å². The normalized spacial score (nSPS) is 14.6. The van der Waals surface area contributed by atoms with Crippen molar-refractivity contribution in [3.05, 3.63) is 156 Å². The molecule has 6 aromatic rings. The first-order valence-corrected chi connectivity index (χ1v) is 16.1. The zero-order chi connectivity index (χ0) is 27.4. The van der Waals surface area contributed by atoms with E-state index in [0.29, 0.717) is 0 Å². The molecule has 2 atom stereocenters. The quantitative estimate of drug-likeness (QED) is 0.131. The van der Waals surface area contributed by atoms with E-state index in [1.165, 1.54) is 21.9 Å². The van der Waals surface area contributed by atoms with Crippen LogP contribution < -0.4 is 0 Å². The number of rotatable bonds is 9. The molecule has 0 bridgehead atoms. The van der Waals surface area contributed by atoms with Crippen molar-refractivity contribution < 1.29 is 0 Å². The van der Waals surface area contributed by atoms with E-state index >= 15 is 0 Å². The summed E-state index contributed by atoms with van der Waals surface area (Å²) in [6.07, 6.45) is 0. The van der Waals surface area contributed by atoms with Crippen LogP contribution in [0.1, 0.15) is 36.4 Å². The molecule has 0 amide bonds. The highest BCUT2D eigenvalue weighted by Crippen LogP contribution is 2.43. The Morgan fingerprint density at radius 3 is 1.25 bits per heavy atom. The van der Waals surface area contributed by atoms with E-state index in [4.69, 9.17) is 9.97 Å². The molecule has 0 fully saturated rings. The Balaban J connectivity index is 1.29. The summed E-state index contributed by atoms with van der Waals surface area (Å²) in [6.45, 7) is 4.66. The zero-order valence-electron chi connectivity index (χ0n) is 22.8. The molecular formula is C36H32N2S2. The van der Waals surface area contributed by atoms with Gasteiger partial charge in [-0.1, -0.05) is 131 Å². The Hall–Kier alpha value is -3.60. The van der Waals surface area contributed by atoms with Gasteiger partial charge in [-0.25, -0.2) is 0 Å². The molecule has 0 aliphatic rings. The molecule has 2 aromatic heterocycles. The number of benzene rings is 4. The van der Waals surface area contributed by atoms with Crippen molar-refractivity contribution >= 4 is 43.4 Å². The van der Waals surface area contributed by atoms with Crippen molar-refractivity contribution in [2.24, 2.45) is 0 Å². The number of hydrogen-bond acceptors (Lipinski definition) is 4. The summed E-state index contributed by atoms with van der Waals surface area (Å²) in [5, 5.41) is 2.34. The van der Waals surface area contributed by atoms with Crippen molar-refractivity contribution in [2.75, 3.05) is 11.5 Å². The molecule has 4 aromatic carbocycles. The third-order valence-electron chi connectivity index (χ3n) is 7.93. The first kappa shape index (κ1) is 26.6. The van der Waals surface area contributed by atoms with Gasteiger partial charge in [0.1, 0.15) is 0 Å². The molecule has 0 aliphatic carbocycles. The first-order chi connectivity index (χ1) is 19.6. The monoisotopic (exact) mass is 556 g/mol. The van der Waals surface area contributed by atoms with Gasteiger partial charge in [-0.05, 0) is 49.2 Å². The average molecular weight is 557 g/mol. The van der Waals surface area contributed by atoms with Crippen LogP contribution >= 0.6 is 21.6 Å². The van der Waals surface area contributed by atoms with Crippen molar-refractivity contribution in [1.82, 2.24) is 9.97 Å². The lowest BCUT2D eigenvalue weighted by atomic mass is 9.80. The van der Waals surface area contributed by atoms with Gasteiger partial charge in [0.2, 0.25) is 0 Å². The van der Waals surface area contributed by atoms with E-state index in [1.54, 1.807) is 0 Å². The molecule has 2 unspecified atom stereocenters. The summed E-state index contributed by atoms with van der Waals surface area (Å²) in [5.74, 6) is 1.81. The second kappa shape index (κ2) is 11.5. The fraction of sp³-hybridized carbons (Fsp3) is 0.167. The number of fused-ring (bicyclic) bond motifs is 2. The van der Waals surface area contributed by atoms with Crippen LogP contribution in [0, 0.1) is 0 Å². The minimum atomic E-state index is -0.229. The SMILES string of the molecule is CC(CSSCC(C)(c1ccccc1)c1ccc2ccccc2n1)(c1ccccc1)c1ccc2ccccc2n1. The van der Waals surface area contributed by atoms with Gasteiger partial charge in [-0.3, -0.25) is 9.97 Å². The average Bonchev–Trinajstić information content (AvgIpc) is 3.03. The van der Waals surface area contributed by atoms with E-state index < -0.39 is 0 Å². The molecule has 0 N–H and O–H groups in total. The van der Waals surface area contributed by atoms with Crippen LogP contribution in [0.2, 0.25) is 0 Å². The maximum absolute atomic E-state index is 5.14. The topological polar surface area (TPSA) is 25.8 Å². The molecule has 198 valence electrons. The van der Waals surface area contributed by atoms with Crippen molar-refractivity contribution in [2.45, 2.75) is 24.7 Å². The Bertz CT molecular complexity index is 1610. The van der Waals surface area contributed by atoms with Gasteiger partial charge in [0.25, 0.3) is 0 Å². The number of hydrogen-bond donors (Lipinski definition) is 0. The molecule has 4 heteroatoms. The van der Waals surface area contributed by atoms with Crippen LogP contribution in [-0.2, 0) is 10.8 Å². The Morgan fingerprint density at radius 2 is 0.825 bits per heavy atom. The number of nitrogens with zero attached hydrogens (tertiary/aromatic N) is 2. The van der Waals surface area contributed by atoms with Crippen LogP contribution in [0.25, 0.3) is 21.8 Å². The van der Waals surface area contributed by atoms with Crippen LogP contribution in [0.3, 0.4) is 0 Å². The molecule has 0 saturated heterocycles. The predicted molar refractivity (Wildman–Crippen MR) is 174 cm³/mol. The molecule has 0 spiro atoms. The van der Waals surface area contributed by atoms with Crippen LogP contribution in [0.5, 0.6) is 0 Å². The lowest BCUT2D eigenvalue weighted by Crippen LogP contribution is -2.29. The van der Waals surface area contributed by atoms with Gasteiger partial charge in [-0.2, -0.15) is 0 Å². The third kappa shape index (κ3) is 5.26. The molecule has 2 nitrogen and oxygen atoms in total. The summed E-state index contributed by atoms with van der Waals surface area (Å²) in [6, 6.07) is 47.2. The fourth-order valence-electron chi connectivity index (χ4n) is 5.29. The number of pyridine rings is 2. The van der Waals surface area contributed by atoms with Gasteiger partial charge in [0, 0.05) is 33.1 Å². The summed E-state index contributed by atoms with van der Waals surface area (Å²) in [4.78, 5) is 10.3. The summed E-state index contributed by atoms with van der Waals surface area (Å²) < 4.78 is 0. The minimum Gasteiger partial charge on any atom is -0.252 e. The highest BCUT2D eigenvalue weighted by atomic mass is 33.1. The Morgan fingerprint density at radius 1 is 0.450 bits per heavy atom. The summed E-state index contributed by atoms with van der Waals surface area (Å²) in [5.41, 5.74) is 6.40. The smallest absolute Gasteiger partial charge is 0.0705 e. The zero-order valence-corrected chi connectivity index (χ0v) is 24.5. The second-order valence-electron chi connectivity index (χ2n) is 10.7. The third-order valence-corrected chi connectivity index (χ3v) is 10.7. The lowest BCUT2D eigenvalue weighted by Gasteiger charge is -2.32. The molecule has 6 rings (SSSR count). The maximum Gasteiger partial charge on any atom is 0.0705 e. The predicted octanol–water partition coefficient (Wildman–Crippen LogP) is 9.48. The standard InChI is InChI=1S/C36H32N2S2/c1-35(29-15-5-3-6-16-29,33-23-21-27-13-9-11-19-31(27)37-33)25-39-40-26-36(2,30-17-7-4-8-18-30)34-24-22-28-14-10-12-20-32(28)38-34/h3-24H,25-26H2,1-2H3. The Kier molecular flexibility index (Phi) is 7.64. The molecule has 0 aliphatic heterocycles. The van der Waals surface area contributed by atoms with Gasteiger partial charge in [0.15, 0.2) is 0 Å². The molecular weight excluding hydrogens is 525 g/mol. The molecule has 40 heavy (non-hydrogen) atoms. The summed E-state index contributed by atoms with van der Waals surface area (Å²) >= 11 is 0. The van der Waals surface area contributed by atoms with Crippen molar-refractivity contribution in [3.63, 3.8) is 0 Å². The van der Waals surface area contributed by atoms with Crippen LogP contribution in [0.4, 0.5) is 0 Å². The van der Waals surface area contributed by atoms with Gasteiger partial charge < -0.3 is 0 Å². The van der Waals surface area contributed by atoms with Crippen molar-refractivity contribution in [3.8, 4) is 0 Å². The molecule has 2 heterocycles. The van der Waals surface area contributed by atoms with E-state index in [1.807, 2.05) is 21.6 Å². The van der Waals surface area contributed by atoms with Crippen molar-refractivity contribution in [1.29, 1.82) is 0 Å². The minimum absolute atomic E-state index is 0.229. The van der Waals surface area contributed by atoms with Crippen LogP contribution in [-0.4, -0.2) is 21.5 Å². The van der Waals surface area contributed by atoms with E-state index in [2.05, 4.69) is 147 Å². The molecule has 0 radical (unpaired) electrons. The number of aromatic nitrogens is 2. The summed E-state index contributed by atoms with van der Waals surface area (Å²) in [7, 11) is 3.85. The molecule has 0 saturated carbocycles. The largest absolute Gasteiger partial charge is 0.252 e. The fourth-order valence-corrected chi connectivity index (χ4v) is 8.47. The van der Waals surface area contributed by atoms with Gasteiger partial charge in [0.05, 0.1) is 22.4 Å². The van der Waals surface area contributed by atoms with Gasteiger partial charge >= 0.3 is 0 Å². The Labute approximate surface area is 244 Å². The van der Waals surface area contributed by atoms with E-state index in [9.17, 15) is 0 Å². The highest BCUT2D eigenvalue weighted by Gasteiger charge is 2.34. The second-order valence-corrected chi connectivity index (χ2v) is 13.2. The van der Waals surface area contributed by atoms with E-state index in [0.717, 1.165) is 33.9 Å². The first-order valence-electron chi connectivity index (χ1n) is 13.6. The van der Waals surface area contributed by atoms with Crippen LogP contribution in [0.15, 0.2) is 133 Å². The highest BCUT2D eigenvalue weighted by molar-refractivity contribution is 8.76. The lowest BCUT2D eigenvalue weighted by molar-refractivity contribution is 0.630.